The molecule has 0 aliphatic carbocycles. The second-order valence-electron chi connectivity index (χ2n) is 7.57. The van der Waals surface area contributed by atoms with Crippen molar-refractivity contribution in [2.24, 2.45) is 10.4 Å². The molecule has 0 amide bonds. The third-order valence-corrected chi connectivity index (χ3v) is 4.33. The van der Waals surface area contributed by atoms with Crippen molar-refractivity contribution in [1.82, 2.24) is 0 Å². The summed E-state index contributed by atoms with van der Waals surface area (Å²) in [5.41, 5.74) is 1.90. The number of rotatable bonds is 1. The van der Waals surface area contributed by atoms with Crippen molar-refractivity contribution in [2.45, 2.75) is 66.1 Å². The monoisotopic (exact) mass is 263 g/mol. The van der Waals surface area contributed by atoms with E-state index in [0.717, 1.165) is 18.7 Å². The van der Waals surface area contributed by atoms with Crippen LogP contribution in [0.1, 0.15) is 54.9 Å². The SMILES string of the molecule is CC(C)(C)C1=NCCC(B2OC(C)(C)C(C)(C)O2)=C1. The van der Waals surface area contributed by atoms with Gasteiger partial charge in [0.05, 0.1) is 11.2 Å². The summed E-state index contributed by atoms with van der Waals surface area (Å²) in [6.45, 7) is 15.8. The summed E-state index contributed by atoms with van der Waals surface area (Å²) in [6.07, 6.45) is 3.10. The van der Waals surface area contributed by atoms with Gasteiger partial charge in [0.1, 0.15) is 0 Å². The molecule has 0 saturated carbocycles. The standard InChI is InChI=1S/C15H26BNO2/c1-13(2,3)12-10-11(8-9-17-12)16-18-14(4,5)15(6,7)19-16/h10H,8-9H2,1-7H3. The highest BCUT2D eigenvalue weighted by atomic mass is 16.7. The van der Waals surface area contributed by atoms with E-state index in [1.807, 2.05) is 0 Å². The Morgan fingerprint density at radius 2 is 1.63 bits per heavy atom. The van der Waals surface area contributed by atoms with Crippen molar-refractivity contribution in [3.63, 3.8) is 0 Å². The fraction of sp³-hybridized carbons (Fsp3) is 0.800. The van der Waals surface area contributed by atoms with E-state index in [1.165, 1.54) is 5.47 Å². The van der Waals surface area contributed by atoms with Crippen molar-refractivity contribution in [1.29, 1.82) is 0 Å². The van der Waals surface area contributed by atoms with Gasteiger partial charge in [0, 0.05) is 17.7 Å². The van der Waals surface area contributed by atoms with Crippen LogP contribution >= 0.6 is 0 Å². The first-order valence-corrected chi connectivity index (χ1v) is 7.14. The molecule has 0 aromatic rings. The Hall–Kier alpha value is -0.605. The topological polar surface area (TPSA) is 30.8 Å². The maximum absolute atomic E-state index is 6.12. The molecule has 0 aromatic heterocycles. The number of dihydropyridines is 1. The number of aliphatic imine (C=N–C) groups is 1. The molecule has 2 rings (SSSR count). The van der Waals surface area contributed by atoms with Gasteiger partial charge in [-0.05, 0) is 45.7 Å². The van der Waals surface area contributed by atoms with Crippen LogP contribution in [0.25, 0.3) is 0 Å². The van der Waals surface area contributed by atoms with Crippen molar-refractivity contribution < 1.29 is 9.31 Å². The van der Waals surface area contributed by atoms with Gasteiger partial charge in [0.2, 0.25) is 0 Å². The normalized spacial score (nSPS) is 26.2. The fourth-order valence-electron chi connectivity index (χ4n) is 2.23. The van der Waals surface area contributed by atoms with E-state index in [2.05, 4.69) is 59.5 Å². The van der Waals surface area contributed by atoms with Crippen molar-refractivity contribution in [2.75, 3.05) is 6.54 Å². The summed E-state index contributed by atoms with van der Waals surface area (Å²) in [7, 11) is -0.224. The molecule has 0 unspecified atom stereocenters. The van der Waals surface area contributed by atoms with Gasteiger partial charge in [0.25, 0.3) is 0 Å². The van der Waals surface area contributed by atoms with Crippen LogP contribution in [0, 0.1) is 5.41 Å². The molecule has 0 N–H and O–H groups in total. The second-order valence-corrected chi connectivity index (χ2v) is 7.57. The summed E-state index contributed by atoms with van der Waals surface area (Å²) < 4.78 is 12.2. The minimum atomic E-state index is -0.269. The zero-order chi connectivity index (χ0) is 14.5. The molecule has 3 nitrogen and oxygen atoms in total. The van der Waals surface area contributed by atoms with Crippen LogP contribution in [-0.4, -0.2) is 30.6 Å². The molecule has 0 atom stereocenters. The Morgan fingerprint density at radius 1 is 1.11 bits per heavy atom. The van der Waals surface area contributed by atoms with E-state index in [-0.39, 0.29) is 23.7 Å². The third-order valence-electron chi connectivity index (χ3n) is 4.33. The highest BCUT2D eigenvalue weighted by Gasteiger charge is 2.52. The summed E-state index contributed by atoms with van der Waals surface area (Å²) in [6, 6.07) is 0. The Morgan fingerprint density at radius 3 is 2.11 bits per heavy atom. The molecule has 19 heavy (non-hydrogen) atoms. The lowest BCUT2D eigenvalue weighted by Gasteiger charge is -2.32. The van der Waals surface area contributed by atoms with Gasteiger partial charge < -0.3 is 9.31 Å². The Bertz CT molecular complexity index is 414. The van der Waals surface area contributed by atoms with Crippen molar-refractivity contribution in [3.8, 4) is 0 Å². The average molecular weight is 263 g/mol. The lowest BCUT2D eigenvalue weighted by atomic mass is 9.72. The van der Waals surface area contributed by atoms with Crippen molar-refractivity contribution >= 4 is 12.8 Å². The van der Waals surface area contributed by atoms with E-state index in [0.29, 0.717) is 0 Å². The summed E-state index contributed by atoms with van der Waals surface area (Å²) in [5, 5.41) is 0. The van der Waals surface area contributed by atoms with E-state index in [1.54, 1.807) is 0 Å². The summed E-state index contributed by atoms with van der Waals surface area (Å²) in [4.78, 5) is 4.62. The lowest BCUT2D eigenvalue weighted by Crippen LogP contribution is -2.41. The van der Waals surface area contributed by atoms with Gasteiger partial charge in [-0.15, -0.1) is 0 Å². The van der Waals surface area contributed by atoms with Crippen molar-refractivity contribution in [3.05, 3.63) is 11.5 Å². The van der Waals surface area contributed by atoms with Gasteiger partial charge in [-0.1, -0.05) is 20.8 Å². The van der Waals surface area contributed by atoms with Crippen LogP contribution in [0.5, 0.6) is 0 Å². The lowest BCUT2D eigenvalue weighted by molar-refractivity contribution is 0.00578. The van der Waals surface area contributed by atoms with Crippen LogP contribution in [0.4, 0.5) is 0 Å². The highest BCUT2D eigenvalue weighted by molar-refractivity contribution is 6.55. The predicted octanol–water partition coefficient (Wildman–Crippen LogP) is 3.44. The van der Waals surface area contributed by atoms with Crippen LogP contribution in [0.3, 0.4) is 0 Å². The van der Waals surface area contributed by atoms with Gasteiger partial charge in [-0.2, -0.15) is 0 Å². The van der Waals surface area contributed by atoms with E-state index in [9.17, 15) is 0 Å². The molecule has 2 aliphatic rings. The maximum atomic E-state index is 6.12. The van der Waals surface area contributed by atoms with Crippen LogP contribution < -0.4 is 0 Å². The maximum Gasteiger partial charge on any atom is 0.490 e. The Kier molecular flexibility index (Phi) is 3.47. The zero-order valence-corrected chi connectivity index (χ0v) is 13.3. The van der Waals surface area contributed by atoms with Gasteiger partial charge in [-0.3, -0.25) is 4.99 Å². The van der Waals surface area contributed by atoms with E-state index < -0.39 is 0 Å². The van der Waals surface area contributed by atoms with E-state index >= 15 is 0 Å². The molecule has 0 radical (unpaired) electrons. The number of nitrogens with zero attached hydrogens (tertiary/aromatic N) is 1. The average Bonchev–Trinajstić information content (AvgIpc) is 2.47. The van der Waals surface area contributed by atoms with Gasteiger partial charge in [-0.25, -0.2) is 0 Å². The summed E-state index contributed by atoms with van der Waals surface area (Å²) in [5.74, 6) is 0. The van der Waals surface area contributed by atoms with Crippen LogP contribution in [0.2, 0.25) is 0 Å². The molecule has 106 valence electrons. The van der Waals surface area contributed by atoms with Crippen LogP contribution in [-0.2, 0) is 9.31 Å². The molecule has 0 spiro atoms. The first-order valence-electron chi connectivity index (χ1n) is 7.14. The van der Waals surface area contributed by atoms with Crippen LogP contribution in [0.15, 0.2) is 16.5 Å². The third kappa shape index (κ3) is 2.80. The molecule has 0 bridgehead atoms. The molecular formula is C15H26BNO2. The van der Waals surface area contributed by atoms with Gasteiger partial charge in [0.15, 0.2) is 0 Å². The molecular weight excluding hydrogens is 237 g/mol. The first kappa shape index (κ1) is 14.8. The molecule has 1 saturated heterocycles. The largest absolute Gasteiger partial charge is 0.490 e. The minimum absolute atomic E-state index is 0.0787. The smallest absolute Gasteiger partial charge is 0.400 e. The predicted molar refractivity (Wildman–Crippen MR) is 80.5 cm³/mol. The highest BCUT2D eigenvalue weighted by Crippen LogP contribution is 2.39. The Labute approximate surface area is 117 Å². The van der Waals surface area contributed by atoms with Gasteiger partial charge >= 0.3 is 7.12 Å². The number of hydrogen-bond acceptors (Lipinski definition) is 3. The molecule has 1 fully saturated rings. The summed E-state index contributed by atoms with van der Waals surface area (Å²) >= 11 is 0. The first-order chi connectivity index (χ1) is 8.53. The zero-order valence-electron chi connectivity index (χ0n) is 13.3. The number of hydrogen-bond donors (Lipinski definition) is 0. The molecule has 4 heteroatoms. The Balaban J connectivity index is 2.21. The minimum Gasteiger partial charge on any atom is -0.400 e. The fourth-order valence-corrected chi connectivity index (χ4v) is 2.23. The molecule has 2 heterocycles. The quantitative estimate of drug-likeness (QED) is 0.678. The molecule has 0 aromatic carbocycles. The second kappa shape index (κ2) is 4.46. The number of allylic oxidation sites excluding steroid dienone is 1. The van der Waals surface area contributed by atoms with E-state index in [4.69, 9.17) is 9.31 Å². The molecule has 2 aliphatic heterocycles.